The summed E-state index contributed by atoms with van der Waals surface area (Å²) in [5, 5.41) is 19.8. The Hall–Kier alpha value is -4.23. The van der Waals surface area contributed by atoms with Gasteiger partial charge in [-0.2, -0.15) is 31.6 Å². The Kier molecular flexibility index (Phi) is 6.30. The third kappa shape index (κ3) is 4.54. The second-order valence-corrected chi connectivity index (χ2v) is 8.33. The van der Waals surface area contributed by atoms with Gasteiger partial charge in [0, 0.05) is 22.8 Å². The minimum absolute atomic E-state index is 0.149. The molecule has 0 bridgehead atoms. The fourth-order valence-electron chi connectivity index (χ4n) is 4.04. The highest BCUT2D eigenvalue weighted by Crippen LogP contribution is 2.47. The van der Waals surface area contributed by atoms with Crippen molar-refractivity contribution in [3.63, 3.8) is 0 Å². The molecule has 1 heterocycles. The molecule has 1 atom stereocenters. The van der Waals surface area contributed by atoms with Gasteiger partial charge in [0.15, 0.2) is 0 Å². The van der Waals surface area contributed by atoms with Crippen molar-refractivity contribution >= 4 is 10.9 Å². The molecular formula is C27H18F6N2O2. The number of hydrogen-bond donors (Lipinski definition) is 1. The van der Waals surface area contributed by atoms with Gasteiger partial charge in [-0.05, 0) is 61.0 Å². The Bertz CT molecular complexity index is 1530. The molecule has 0 saturated carbocycles. The molecule has 0 aliphatic rings. The smallest absolute Gasteiger partial charge is 0.425 e. The monoisotopic (exact) mass is 516 g/mol. The van der Waals surface area contributed by atoms with Crippen LogP contribution in [0.1, 0.15) is 23.6 Å². The van der Waals surface area contributed by atoms with Crippen LogP contribution in [0.2, 0.25) is 0 Å². The summed E-state index contributed by atoms with van der Waals surface area (Å²) in [5.41, 5.74) is -5.04. The van der Waals surface area contributed by atoms with Gasteiger partial charge in [-0.25, -0.2) is 0 Å². The van der Waals surface area contributed by atoms with Crippen LogP contribution in [-0.2, 0) is 11.8 Å². The van der Waals surface area contributed by atoms with Crippen LogP contribution in [0, 0.1) is 11.3 Å². The van der Waals surface area contributed by atoms with E-state index in [0.29, 0.717) is 17.3 Å². The number of fused-ring (bicyclic) bond motifs is 1. The van der Waals surface area contributed by atoms with Gasteiger partial charge < -0.3 is 14.4 Å². The first kappa shape index (κ1) is 25.9. The lowest BCUT2D eigenvalue weighted by molar-refractivity contribution is -0.249. The average molecular weight is 516 g/mol. The highest BCUT2D eigenvalue weighted by atomic mass is 19.4. The number of halogens is 6. The summed E-state index contributed by atoms with van der Waals surface area (Å²) < 4.78 is 88.5. The molecule has 4 nitrogen and oxygen atoms in total. The highest BCUT2D eigenvalue weighted by molar-refractivity contribution is 5.87. The molecule has 0 aliphatic carbocycles. The molecule has 0 radical (unpaired) electrons. The molecule has 1 unspecified atom stereocenters. The number of alkyl halides is 6. The summed E-state index contributed by atoms with van der Waals surface area (Å²) in [4.78, 5) is 0. The lowest BCUT2D eigenvalue weighted by Gasteiger charge is -2.30. The van der Waals surface area contributed by atoms with E-state index in [4.69, 9.17) is 10.00 Å². The number of nitrogens with zero attached hydrogens (tertiary/aromatic N) is 2. The number of hydrogen-bond acceptors (Lipinski definition) is 3. The predicted octanol–water partition coefficient (Wildman–Crippen LogP) is 7.64. The summed E-state index contributed by atoms with van der Waals surface area (Å²) in [6.45, 7) is 4.45. The van der Waals surface area contributed by atoms with Crippen LogP contribution >= 0.6 is 0 Å². The molecule has 0 amide bonds. The SMILES string of the molecule is C=C(C)C(O)(c1cn(-c2ccc(Oc3ccc(C#N)c(C(F)(F)F)c3)cc2)c2ccccc12)C(F)(F)F. The molecule has 0 saturated heterocycles. The van der Waals surface area contributed by atoms with Gasteiger partial charge in [0.05, 0.1) is 22.7 Å². The van der Waals surface area contributed by atoms with Crippen LogP contribution in [0.4, 0.5) is 26.3 Å². The van der Waals surface area contributed by atoms with E-state index in [1.54, 1.807) is 18.2 Å². The average Bonchev–Trinajstić information content (AvgIpc) is 3.22. The van der Waals surface area contributed by atoms with Crippen molar-refractivity contribution in [2.75, 3.05) is 0 Å². The zero-order valence-electron chi connectivity index (χ0n) is 19.2. The molecular weight excluding hydrogens is 498 g/mol. The van der Waals surface area contributed by atoms with Gasteiger partial charge in [-0.3, -0.25) is 0 Å². The van der Waals surface area contributed by atoms with Gasteiger partial charge in [0.25, 0.3) is 0 Å². The molecule has 1 N–H and O–H groups in total. The van der Waals surface area contributed by atoms with Crippen molar-refractivity contribution in [2.45, 2.75) is 24.9 Å². The molecule has 3 aromatic carbocycles. The minimum Gasteiger partial charge on any atom is -0.457 e. The number of aromatic nitrogens is 1. The first-order chi connectivity index (χ1) is 17.3. The van der Waals surface area contributed by atoms with Gasteiger partial charge in [-0.1, -0.05) is 24.8 Å². The second-order valence-electron chi connectivity index (χ2n) is 8.33. The first-order valence-electron chi connectivity index (χ1n) is 10.7. The van der Waals surface area contributed by atoms with Crippen LogP contribution in [0.5, 0.6) is 11.5 Å². The number of para-hydroxylation sites is 1. The highest BCUT2D eigenvalue weighted by Gasteiger charge is 2.57. The molecule has 37 heavy (non-hydrogen) atoms. The number of nitriles is 1. The van der Waals surface area contributed by atoms with Crippen LogP contribution < -0.4 is 4.74 Å². The van der Waals surface area contributed by atoms with E-state index in [1.165, 1.54) is 53.2 Å². The zero-order valence-corrected chi connectivity index (χ0v) is 19.2. The summed E-state index contributed by atoms with van der Waals surface area (Å²) >= 11 is 0. The summed E-state index contributed by atoms with van der Waals surface area (Å²) in [7, 11) is 0. The van der Waals surface area contributed by atoms with E-state index in [2.05, 4.69) is 6.58 Å². The molecule has 10 heteroatoms. The van der Waals surface area contributed by atoms with Crippen LogP contribution in [0.3, 0.4) is 0 Å². The van der Waals surface area contributed by atoms with E-state index in [0.717, 1.165) is 13.0 Å². The maximum atomic E-state index is 14.0. The lowest BCUT2D eigenvalue weighted by Crippen LogP contribution is -2.43. The molecule has 0 spiro atoms. The van der Waals surface area contributed by atoms with Crippen molar-refractivity contribution < 1.29 is 36.2 Å². The number of benzene rings is 3. The quantitative estimate of drug-likeness (QED) is 0.219. The topological polar surface area (TPSA) is 58.2 Å². The Balaban J connectivity index is 1.73. The molecule has 190 valence electrons. The van der Waals surface area contributed by atoms with Crippen molar-refractivity contribution in [3.05, 3.63) is 102 Å². The van der Waals surface area contributed by atoms with E-state index in [9.17, 15) is 31.4 Å². The van der Waals surface area contributed by atoms with E-state index < -0.39 is 34.7 Å². The second kappa shape index (κ2) is 9.01. The van der Waals surface area contributed by atoms with E-state index in [1.807, 2.05) is 0 Å². The molecule has 1 aromatic heterocycles. The molecule has 4 aromatic rings. The van der Waals surface area contributed by atoms with Crippen molar-refractivity contribution in [3.8, 4) is 23.3 Å². The lowest BCUT2D eigenvalue weighted by atomic mass is 9.87. The van der Waals surface area contributed by atoms with Crippen LogP contribution in [-0.4, -0.2) is 15.8 Å². The summed E-state index contributed by atoms with van der Waals surface area (Å²) in [5.74, 6) is 0.0106. The molecule has 0 aliphatic heterocycles. The van der Waals surface area contributed by atoms with Gasteiger partial charge in [0.2, 0.25) is 5.60 Å². The van der Waals surface area contributed by atoms with E-state index >= 15 is 0 Å². The normalized spacial score (nSPS) is 13.7. The number of aliphatic hydroxyl groups is 1. The maximum Gasteiger partial charge on any atom is 0.425 e. The zero-order chi connectivity index (χ0) is 27.2. The first-order valence-corrected chi connectivity index (χ1v) is 10.7. The number of ether oxygens (including phenoxy) is 1. The summed E-state index contributed by atoms with van der Waals surface area (Å²) in [6.07, 6.45) is -8.59. The number of rotatable bonds is 5. The Morgan fingerprint density at radius 1 is 0.919 bits per heavy atom. The Labute approximate surface area is 207 Å². The summed E-state index contributed by atoms with van der Waals surface area (Å²) in [6, 6.07) is 16.6. The van der Waals surface area contributed by atoms with Crippen LogP contribution in [0.15, 0.2) is 85.1 Å². The Morgan fingerprint density at radius 3 is 2.11 bits per heavy atom. The third-order valence-electron chi connectivity index (χ3n) is 5.90. The van der Waals surface area contributed by atoms with E-state index in [-0.39, 0.29) is 22.4 Å². The molecule has 0 fully saturated rings. The van der Waals surface area contributed by atoms with Gasteiger partial charge >= 0.3 is 12.4 Å². The van der Waals surface area contributed by atoms with Gasteiger partial charge in [-0.15, -0.1) is 0 Å². The van der Waals surface area contributed by atoms with Crippen molar-refractivity contribution in [1.29, 1.82) is 5.26 Å². The molecule has 4 rings (SSSR count). The fourth-order valence-corrected chi connectivity index (χ4v) is 4.04. The van der Waals surface area contributed by atoms with Gasteiger partial charge in [0.1, 0.15) is 11.5 Å². The minimum atomic E-state index is -5.03. The third-order valence-corrected chi connectivity index (χ3v) is 5.90. The predicted molar refractivity (Wildman–Crippen MR) is 124 cm³/mol. The fraction of sp³-hybridized carbons (Fsp3) is 0.148. The largest absolute Gasteiger partial charge is 0.457 e. The maximum absolute atomic E-state index is 14.0. The van der Waals surface area contributed by atoms with Crippen LogP contribution in [0.25, 0.3) is 16.6 Å². The standard InChI is InChI=1S/C27H18F6N2O2/c1-16(2)25(36,27(31,32)33)23-15-35(24-6-4-3-5-21(23)24)18-8-11-19(12-9-18)37-20-10-7-17(14-34)22(13-20)26(28,29)30/h3-13,15,36H,1H2,2H3. The van der Waals surface area contributed by atoms with Crippen molar-refractivity contribution in [2.24, 2.45) is 0 Å². The van der Waals surface area contributed by atoms with Crippen molar-refractivity contribution in [1.82, 2.24) is 4.57 Å². The Morgan fingerprint density at radius 2 is 1.54 bits per heavy atom.